The molecule has 0 aliphatic carbocycles. The Bertz CT molecular complexity index is 776. The summed E-state index contributed by atoms with van der Waals surface area (Å²) in [6.45, 7) is 3.39. The molecule has 0 spiro atoms. The molecule has 1 amide bonds. The molecule has 2 rings (SSSR count). The standard InChI is InChI=1S/C19H22ClNO7/c1-11(2)6-14(19(24)25-3)21-16(22)9-26-17(23)5-4-12-7-13(20)18-15(8-12)27-10-28-18/h4-5,7-8,11,14H,6,9-10H2,1-3H3,(H,21,22)/b5-4+/t14-/m1/s1. The molecular weight excluding hydrogens is 390 g/mol. The number of carbonyl (C=O) groups excluding carboxylic acids is 3. The van der Waals surface area contributed by atoms with E-state index in [2.05, 4.69) is 10.1 Å². The van der Waals surface area contributed by atoms with E-state index in [1.54, 1.807) is 12.1 Å². The highest BCUT2D eigenvalue weighted by molar-refractivity contribution is 6.32. The third kappa shape index (κ3) is 6.16. The van der Waals surface area contributed by atoms with Crippen molar-refractivity contribution in [1.82, 2.24) is 5.32 Å². The van der Waals surface area contributed by atoms with Gasteiger partial charge in [0.25, 0.3) is 5.91 Å². The summed E-state index contributed by atoms with van der Waals surface area (Å²) in [5.74, 6) is -0.749. The molecule has 1 atom stereocenters. The van der Waals surface area contributed by atoms with E-state index >= 15 is 0 Å². The lowest BCUT2D eigenvalue weighted by Crippen LogP contribution is -2.44. The molecular formula is C19H22ClNO7. The van der Waals surface area contributed by atoms with E-state index in [9.17, 15) is 14.4 Å². The number of carbonyl (C=O) groups is 3. The third-order valence-electron chi connectivity index (χ3n) is 3.73. The number of halogens is 1. The number of methoxy groups -OCH3 is 1. The fourth-order valence-electron chi connectivity index (χ4n) is 2.50. The van der Waals surface area contributed by atoms with Gasteiger partial charge in [0.2, 0.25) is 6.79 Å². The highest BCUT2D eigenvalue weighted by Crippen LogP contribution is 2.40. The highest BCUT2D eigenvalue weighted by Gasteiger charge is 2.23. The van der Waals surface area contributed by atoms with Crippen molar-refractivity contribution >= 4 is 35.5 Å². The minimum atomic E-state index is -0.789. The van der Waals surface area contributed by atoms with E-state index in [-0.39, 0.29) is 12.7 Å². The number of nitrogens with one attached hydrogen (secondary N) is 1. The quantitative estimate of drug-likeness (QED) is 0.517. The van der Waals surface area contributed by atoms with Crippen LogP contribution in [-0.2, 0) is 23.9 Å². The number of rotatable bonds is 8. The van der Waals surface area contributed by atoms with Crippen LogP contribution < -0.4 is 14.8 Å². The lowest BCUT2D eigenvalue weighted by molar-refractivity contribution is -0.148. The molecule has 0 unspecified atom stereocenters. The Balaban J connectivity index is 1.86. The maximum Gasteiger partial charge on any atom is 0.331 e. The molecule has 0 saturated carbocycles. The summed E-state index contributed by atoms with van der Waals surface area (Å²) >= 11 is 6.07. The molecule has 28 heavy (non-hydrogen) atoms. The normalized spacial score (nSPS) is 13.5. The summed E-state index contributed by atoms with van der Waals surface area (Å²) in [6, 6.07) is 2.48. The van der Waals surface area contributed by atoms with Gasteiger partial charge in [-0.05, 0) is 36.1 Å². The first-order chi connectivity index (χ1) is 13.3. The Kier molecular flexibility index (Phi) is 7.69. The SMILES string of the molecule is COC(=O)[C@@H](CC(C)C)NC(=O)COC(=O)/C=C/c1cc(Cl)c2c(c1)OCO2. The number of hydrogen-bond acceptors (Lipinski definition) is 7. The number of ether oxygens (including phenoxy) is 4. The summed E-state index contributed by atoms with van der Waals surface area (Å²) in [6.07, 6.45) is 3.05. The van der Waals surface area contributed by atoms with Crippen molar-refractivity contribution in [3.05, 3.63) is 28.8 Å². The summed E-state index contributed by atoms with van der Waals surface area (Å²) in [5, 5.41) is 2.86. The smallest absolute Gasteiger partial charge is 0.331 e. The lowest BCUT2D eigenvalue weighted by atomic mass is 10.0. The van der Waals surface area contributed by atoms with Crippen molar-refractivity contribution in [2.24, 2.45) is 5.92 Å². The Morgan fingerprint density at radius 3 is 2.71 bits per heavy atom. The maximum absolute atomic E-state index is 11.9. The zero-order chi connectivity index (χ0) is 20.7. The second kappa shape index (κ2) is 9.98. The van der Waals surface area contributed by atoms with Gasteiger partial charge in [-0.25, -0.2) is 9.59 Å². The first-order valence-electron chi connectivity index (χ1n) is 8.61. The minimum absolute atomic E-state index is 0.0861. The Morgan fingerprint density at radius 2 is 2.04 bits per heavy atom. The van der Waals surface area contributed by atoms with Crippen LogP contribution >= 0.6 is 11.6 Å². The largest absolute Gasteiger partial charge is 0.467 e. The highest BCUT2D eigenvalue weighted by atomic mass is 35.5. The predicted molar refractivity (Wildman–Crippen MR) is 101 cm³/mol. The molecule has 1 aromatic carbocycles. The summed E-state index contributed by atoms with van der Waals surface area (Å²) in [5.41, 5.74) is 0.610. The molecule has 0 radical (unpaired) electrons. The fraction of sp³-hybridized carbons (Fsp3) is 0.421. The molecule has 8 nitrogen and oxygen atoms in total. The number of benzene rings is 1. The zero-order valence-corrected chi connectivity index (χ0v) is 16.6. The number of fused-ring (bicyclic) bond motifs is 1. The summed E-state index contributed by atoms with van der Waals surface area (Å²) < 4.78 is 20.0. The molecule has 152 valence electrons. The average molecular weight is 412 g/mol. The van der Waals surface area contributed by atoms with Crippen molar-refractivity contribution in [2.45, 2.75) is 26.3 Å². The number of amides is 1. The van der Waals surface area contributed by atoms with E-state index in [0.717, 1.165) is 6.08 Å². The molecule has 1 aliphatic rings. The van der Waals surface area contributed by atoms with Crippen LogP contribution in [0.3, 0.4) is 0 Å². The number of hydrogen-bond donors (Lipinski definition) is 1. The van der Waals surface area contributed by atoms with E-state index < -0.39 is 30.5 Å². The van der Waals surface area contributed by atoms with Gasteiger partial charge in [0.15, 0.2) is 18.1 Å². The first kappa shape index (κ1) is 21.6. The molecule has 0 fully saturated rings. The summed E-state index contributed by atoms with van der Waals surface area (Å²) in [7, 11) is 1.25. The van der Waals surface area contributed by atoms with Gasteiger partial charge in [-0.15, -0.1) is 0 Å². The van der Waals surface area contributed by atoms with E-state index in [4.69, 9.17) is 25.8 Å². The van der Waals surface area contributed by atoms with Crippen molar-refractivity contribution < 1.29 is 33.3 Å². The second-order valence-electron chi connectivity index (χ2n) is 6.45. The molecule has 0 saturated heterocycles. The van der Waals surface area contributed by atoms with Crippen LogP contribution in [-0.4, -0.2) is 44.4 Å². The average Bonchev–Trinajstić information content (AvgIpc) is 3.12. The van der Waals surface area contributed by atoms with Gasteiger partial charge >= 0.3 is 11.9 Å². The van der Waals surface area contributed by atoms with Crippen LogP contribution in [0.5, 0.6) is 11.5 Å². The Labute approximate surface area is 167 Å². The van der Waals surface area contributed by atoms with Crippen molar-refractivity contribution in [2.75, 3.05) is 20.5 Å². The zero-order valence-electron chi connectivity index (χ0n) is 15.8. The van der Waals surface area contributed by atoms with Crippen LogP contribution in [0.4, 0.5) is 0 Å². The van der Waals surface area contributed by atoms with Gasteiger partial charge in [0.05, 0.1) is 12.1 Å². The molecule has 1 heterocycles. The van der Waals surface area contributed by atoms with E-state index in [1.165, 1.54) is 13.2 Å². The van der Waals surface area contributed by atoms with Crippen molar-refractivity contribution in [1.29, 1.82) is 0 Å². The predicted octanol–water partition coefficient (Wildman–Crippen LogP) is 2.33. The topological polar surface area (TPSA) is 100 Å². The number of esters is 2. The van der Waals surface area contributed by atoms with Crippen LogP contribution in [0.15, 0.2) is 18.2 Å². The first-order valence-corrected chi connectivity index (χ1v) is 8.99. The van der Waals surface area contributed by atoms with Gasteiger partial charge in [-0.2, -0.15) is 0 Å². The van der Waals surface area contributed by atoms with Crippen LogP contribution in [0.25, 0.3) is 6.08 Å². The van der Waals surface area contributed by atoms with E-state index in [0.29, 0.717) is 28.5 Å². The molecule has 1 aromatic rings. The van der Waals surface area contributed by atoms with Gasteiger partial charge in [0.1, 0.15) is 6.04 Å². The van der Waals surface area contributed by atoms with Crippen molar-refractivity contribution in [3.63, 3.8) is 0 Å². The lowest BCUT2D eigenvalue weighted by Gasteiger charge is -2.18. The third-order valence-corrected chi connectivity index (χ3v) is 4.02. The Hall–Kier alpha value is -2.74. The molecule has 0 aromatic heterocycles. The summed E-state index contributed by atoms with van der Waals surface area (Å²) in [4.78, 5) is 35.5. The molecule has 9 heteroatoms. The maximum atomic E-state index is 11.9. The van der Waals surface area contributed by atoms with E-state index in [1.807, 2.05) is 13.8 Å². The fourth-order valence-corrected chi connectivity index (χ4v) is 2.77. The minimum Gasteiger partial charge on any atom is -0.467 e. The van der Waals surface area contributed by atoms with Gasteiger partial charge in [-0.3, -0.25) is 4.79 Å². The molecule has 0 bridgehead atoms. The Morgan fingerprint density at radius 1 is 1.29 bits per heavy atom. The van der Waals surface area contributed by atoms with Gasteiger partial charge in [0, 0.05) is 6.08 Å². The van der Waals surface area contributed by atoms with Crippen LogP contribution in [0.2, 0.25) is 5.02 Å². The van der Waals surface area contributed by atoms with Gasteiger partial charge < -0.3 is 24.3 Å². The van der Waals surface area contributed by atoms with Crippen LogP contribution in [0, 0.1) is 5.92 Å². The molecule has 1 N–H and O–H groups in total. The monoisotopic (exact) mass is 411 g/mol. The van der Waals surface area contributed by atoms with Gasteiger partial charge in [-0.1, -0.05) is 25.4 Å². The molecule has 1 aliphatic heterocycles. The second-order valence-corrected chi connectivity index (χ2v) is 6.86. The van der Waals surface area contributed by atoms with Crippen molar-refractivity contribution in [3.8, 4) is 11.5 Å². The van der Waals surface area contributed by atoms with Crippen LogP contribution in [0.1, 0.15) is 25.8 Å².